The molecule has 0 bridgehead atoms. The number of benzene rings is 2. The maximum Gasteiger partial charge on any atom is 0.414 e. The molecule has 0 aliphatic carbocycles. The molecule has 1 amide bonds. The highest BCUT2D eigenvalue weighted by atomic mass is 35.5. The van der Waals surface area contributed by atoms with Crippen molar-refractivity contribution >= 4 is 46.4 Å². The molecule has 5 rings (SSSR count). The van der Waals surface area contributed by atoms with Gasteiger partial charge in [0.1, 0.15) is 18.7 Å². The minimum absolute atomic E-state index is 0.0790. The molecule has 0 spiro atoms. The van der Waals surface area contributed by atoms with E-state index in [4.69, 9.17) is 21.3 Å². The van der Waals surface area contributed by atoms with Gasteiger partial charge in [-0.25, -0.2) is 9.78 Å². The van der Waals surface area contributed by atoms with E-state index in [2.05, 4.69) is 11.0 Å². The van der Waals surface area contributed by atoms with Crippen molar-refractivity contribution in [2.75, 3.05) is 22.9 Å². The highest BCUT2D eigenvalue weighted by molar-refractivity contribution is 6.30. The molecule has 0 unspecified atom stereocenters. The highest BCUT2D eigenvalue weighted by Gasteiger charge is 2.34. The van der Waals surface area contributed by atoms with E-state index in [1.807, 2.05) is 42.5 Å². The van der Waals surface area contributed by atoms with E-state index in [1.54, 1.807) is 4.90 Å². The standard InChI is InChI=1S/C24H22ClN3O3/c25-19-3-5-22-18(14-19)15-31-24(30)28(22)20-7-10-27(11-8-20)23-6-2-17-13-16(9-12-29)1-4-21(17)26-23/h1-6,12-14,20H,7-11,15H2. The molecule has 3 aromatic rings. The Morgan fingerprint density at radius 2 is 1.94 bits per heavy atom. The van der Waals surface area contributed by atoms with Crippen LogP contribution in [0.4, 0.5) is 16.3 Å². The first-order valence-electron chi connectivity index (χ1n) is 10.4. The summed E-state index contributed by atoms with van der Waals surface area (Å²) >= 11 is 6.11. The number of halogens is 1. The van der Waals surface area contributed by atoms with Gasteiger partial charge in [-0.15, -0.1) is 0 Å². The van der Waals surface area contributed by atoms with Crippen molar-refractivity contribution < 1.29 is 14.3 Å². The van der Waals surface area contributed by atoms with Crippen LogP contribution in [0.1, 0.15) is 24.0 Å². The molecule has 2 aliphatic heterocycles. The monoisotopic (exact) mass is 435 g/mol. The van der Waals surface area contributed by atoms with Crippen LogP contribution in [0.25, 0.3) is 10.9 Å². The van der Waals surface area contributed by atoms with E-state index in [0.29, 0.717) is 11.4 Å². The van der Waals surface area contributed by atoms with Crippen molar-refractivity contribution in [2.45, 2.75) is 31.9 Å². The Hall–Kier alpha value is -3.12. The lowest BCUT2D eigenvalue weighted by Crippen LogP contribution is -2.49. The van der Waals surface area contributed by atoms with Gasteiger partial charge in [-0.05, 0) is 60.9 Å². The summed E-state index contributed by atoms with van der Waals surface area (Å²) in [5, 5.41) is 1.68. The van der Waals surface area contributed by atoms with Gasteiger partial charge in [0.2, 0.25) is 0 Å². The van der Waals surface area contributed by atoms with Crippen LogP contribution in [-0.4, -0.2) is 36.5 Å². The van der Waals surface area contributed by atoms with Gasteiger partial charge in [-0.2, -0.15) is 0 Å². The lowest BCUT2D eigenvalue weighted by atomic mass is 10.0. The second kappa shape index (κ2) is 8.19. The Labute approximate surface area is 185 Å². The molecule has 3 heterocycles. The smallest absolute Gasteiger partial charge is 0.414 e. The van der Waals surface area contributed by atoms with Gasteiger partial charge in [-0.1, -0.05) is 17.7 Å². The van der Waals surface area contributed by atoms with E-state index in [0.717, 1.165) is 65.8 Å². The molecule has 0 radical (unpaired) electrons. The highest BCUT2D eigenvalue weighted by Crippen LogP contribution is 2.34. The summed E-state index contributed by atoms with van der Waals surface area (Å²) in [6, 6.07) is 15.7. The molecule has 0 N–H and O–H groups in total. The number of hydrogen-bond donors (Lipinski definition) is 0. The number of rotatable bonds is 4. The van der Waals surface area contributed by atoms with Crippen molar-refractivity contribution in [3.63, 3.8) is 0 Å². The fourth-order valence-electron chi connectivity index (χ4n) is 4.47. The molecule has 31 heavy (non-hydrogen) atoms. The largest absolute Gasteiger partial charge is 0.444 e. The van der Waals surface area contributed by atoms with Crippen LogP contribution in [0.3, 0.4) is 0 Å². The SMILES string of the molecule is O=CCc1ccc2nc(N3CCC(N4C(=O)OCc5cc(Cl)ccc54)CC3)ccc2c1. The Bertz CT molecular complexity index is 1160. The maximum atomic E-state index is 12.5. The van der Waals surface area contributed by atoms with Crippen LogP contribution in [-0.2, 0) is 22.6 Å². The van der Waals surface area contributed by atoms with E-state index < -0.39 is 0 Å². The third-order valence-corrected chi connectivity index (χ3v) is 6.30. The number of anilines is 2. The van der Waals surface area contributed by atoms with Gasteiger partial charge < -0.3 is 14.4 Å². The lowest BCUT2D eigenvalue weighted by Gasteiger charge is -2.40. The topological polar surface area (TPSA) is 62.7 Å². The molecule has 1 aromatic heterocycles. The normalized spacial score (nSPS) is 16.9. The molecule has 0 saturated carbocycles. The van der Waals surface area contributed by atoms with Crippen LogP contribution in [0.2, 0.25) is 5.02 Å². The molecule has 7 heteroatoms. The van der Waals surface area contributed by atoms with Gasteiger partial charge >= 0.3 is 6.09 Å². The van der Waals surface area contributed by atoms with Crippen LogP contribution in [0.15, 0.2) is 48.5 Å². The predicted molar refractivity (Wildman–Crippen MR) is 121 cm³/mol. The maximum absolute atomic E-state index is 12.5. The van der Waals surface area contributed by atoms with Crippen molar-refractivity contribution in [1.82, 2.24) is 4.98 Å². The Balaban J connectivity index is 1.32. The average Bonchev–Trinajstić information content (AvgIpc) is 2.79. The molecule has 0 atom stereocenters. The van der Waals surface area contributed by atoms with Crippen molar-refractivity contribution in [1.29, 1.82) is 0 Å². The second-order valence-corrected chi connectivity index (χ2v) is 8.42. The fourth-order valence-corrected chi connectivity index (χ4v) is 4.67. The Morgan fingerprint density at radius 1 is 1.10 bits per heavy atom. The number of nitrogens with zero attached hydrogens (tertiary/aromatic N) is 3. The number of pyridine rings is 1. The van der Waals surface area contributed by atoms with Gasteiger partial charge in [-0.3, -0.25) is 4.90 Å². The van der Waals surface area contributed by atoms with Crippen molar-refractivity contribution in [2.24, 2.45) is 0 Å². The third-order valence-electron chi connectivity index (χ3n) is 6.06. The van der Waals surface area contributed by atoms with Crippen molar-refractivity contribution in [3.8, 4) is 0 Å². The quantitative estimate of drug-likeness (QED) is 0.553. The van der Waals surface area contributed by atoms with Crippen LogP contribution in [0, 0.1) is 0 Å². The molecule has 2 aliphatic rings. The number of carbonyl (C=O) groups is 2. The number of fused-ring (bicyclic) bond motifs is 2. The Morgan fingerprint density at radius 3 is 2.74 bits per heavy atom. The summed E-state index contributed by atoms with van der Waals surface area (Å²) < 4.78 is 5.39. The molecule has 6 nitrogen and oxygen atoms in total. The van der Waals surface area contributed by atoms with Gasteiger partial charge in [0.15, 0.2) is 0 Å². The summed E-state index contributed by atoms with van der Waals surface area (Å²) in [7, 11) is 0. The van der Waals surface area contributed by atoms with E-state index >= 15 is 0 Å². The number of amides is 1. The zero-order valence-corrected chi connectivity index (χ0v) is 17.7. The predicted octanol–water partition coefficient (Wildman–Crippen LogP) is 4.76. The first kappa shape index (κ1) is 19.8. The molecular weight excluding hydrogens is 414 g/mol. The zero-order valence-electron chi connectivity index (χ0n) is 17.0. The van der Waals surface area contributed by atoms with E-state index in [-0.39, 0.29) is 18.7 Å². The zero-order chi connectivity index (χ0) is 21.4. The first-order chi connectivity index (χ1) is 15.1. The number of aldehydes is 1. The number of piperidine rings is 1. The second-order valence-electron chi connectivity index (χ2n) is 7.98. The minimum atomic E-state index is -0.289. The summed E-state index contributed by atoms with van der Waals surface area (Å²) in [5.41, 5.74) is 3.75. The number of cyclic esters (lactones) is 1. The molecule has 1 saturated heterocycles. The summed E-state index contributed by atoms with van der Waals surface area (Å²) in [6.07, 6.45) is 2.70. The molecule has 2 aromatic carbocycles. The van der Waals surface area contributed by atoms with E-state index in [1.165, 1.54) is 0 Å². The number of carbonyl (C=O) groups excluding carboxylic acids is 2. The molecular formula is C24H22ClN3O3. The molecule has 158 valence electrons. The first-order valence-corrected chi connectivity index (χ1v) is 10.8. The summed E-state index contributed by atoms with van der Waals surface area (Å²) in [4.78, 5) is 32.2. The summed E-state index contributed by atoms with van der Waals surface area (Å²) in [5.74, 6) is 0.933. The van der Waals surface area contributed by atoms with Crippen LogP contribution < -0.4 is 9.80 Å². The van der Waals surface area contributed by atoms with Gasteiger partial charge in [0.05, 0.1) is 11.2 Å². The minimum Gasteiger partial charge on any atom is -0.444 e. The van der Waals surface area contributed by atoms with Crippen LogP contribution >= 0.6 is 11.6 Å². The fraction of sp³-hybridized carbons (Fsp3) is 0.292. The van der Waals surface area contributed by atoms with Crippen LogP contribution in [0.5, 0.6) is 0 Å². The lowest BCUT2D eigenvalue weighted by molar-refractivity contribution is -0.107. The van der Waals surface area contributed by atoms with Gasteiger partial charge in [0, 0.05) is 41.5 Å². The number of aromatic nitrogens is 1. The number of ether oxygens (including phenoxy) is 1. The van der Waals surface area contributed by atoms with E-state index in [9.17, 15) is 9.59 Å². The van der Waals surface area contributed by atoms with Gasteiger partial charge in [0.25, 0.3) is 0 Å². The van der Waals surface area contributed by atoms with Crippen molar-refractivity contribution in [3.05, 3.63) is 64.7 Å². The average molecular weight is 436 g/mol. The third kappa shape index (κ3) is 3.83. The molecule has 1 fully saturated rings. The summed E-state index contributed by atoms with van der Waals surface area (Å²) in [6.45, 7) is 1.87. The Kier molecular flexibility index (Phi) is 5.24. The number of hydrogen-bond acceptors (Lipinski definition) is 5.